The minimum atomic E-state index is -0.0773. The van der Waals surface area contributed by atoms with Crippen LogP contribution in [-0.4, -0.2) is 52.2 Å². The van der Waals surface area contributed by atoms with Crippen LogP contribution in [0.1, 0.15) is 13.2 Å². The number of rotatable bonds is 5. The maximum Gasteiger partial charge on any atom is 0.270 e. The van der Waals surface area contributed by atoms with E-state index in [0.717, 1.165) is 5.56 Å². The first-order valence-electron chi connectivity index (χ1n) is 9.39. The summed E-state index contributed by atoms with van der Waals surface area (Å²) in [5, 5.41) is 8.17. The number of nitrogens with two attached hydrogens (primary N) is 1. The number of carbonyl (C=O) groups excluding carboxylic acids is 1. The molecule has 2 aromatic carbocycles. The number of nitrogens with zero attached hydrogens (tertiary/aromatic N) is 5. The summed E-state index contributed by atoms with van der Waals surface area (Å²) in [5.41, 5.74) is 8.93. The van der Waals surface area contributed by atoms with Gasteiger partial charge in [0, 0.05) is 33.6 Å². The molecule has 0 spiro atoms. The van der Waals surface area contributed by atoms with E-state index in [1.54, 1.807) is 57.7 Å². The molecule has 0 saturated heterocycles. The summed E-state index contributed by atoms with van der Waals surface area (Å²) in [4.78, 5) is 22.4. The van der Waals surface area contributed by atoms with Crippen LogP contribution in [0.5, 0.6) is 5.75 Å². The van der Waals surface area contributed by atoms with Crippen molar-refractivity contribution in [2.75, 3.05) is 26.9 Å². The predicted octanol–water partition coefficient (Wildman–Crippen LogP) is 3.65. The normalized spacial score (nSPS) is 10.7. The maximum absolute atomic E-state index is 12.1. The van der Waals surface area contributed by atoms with E-state index in [1.807, 2.05) is 18.2 Å². The van der Waals surface area contributed by atoms with Crippen LogP contribution in [-0.2, 0) is 0 Å². The Kier molecular flexibility index (Phi) is 5.31. The molecule has 0 fully saturated rings. The molecule has 2 aromatic heterocycles. The average Bonchev–Trinajstić information content (AvgIpc) is 3.29. The lowest BCUT2D eigenvalue weighted by Gasteiger charge is -2.10. The zero-order chi connectivity index (χ0) is 22.0. The Bertz CT molecular complexity index is 1250. The lowest BCUT2D eigenvalue weighted by atomic mass is 10.1. The summed E-state index contributed by atoms with van der Waals surface area (Å²) >= 11 is 0. The van der Waals surface area contributed by atoms with Gasteiger partial charge in [-0.3, -0.25) is 4.79 Å². The summed E-state index contributed by atoms with van der Waals surface area (Å²) < 4.78 is 11.0. The van der Waals surface area contributed by atoms with Crippen molar-refractivity contribution in [3.8, 4) is 40.0 Å². The molecule has 31 heavy (non-hydrogen) atoms. The average molecular weight is 420 g/mol. The van der Waals surface area contributed by atoms with Crippen LogP contribution >= 0.6 is 0 Å². The Morgan fingerprint density at radius 3 is 2.52 bits per heavy atom. The molecule has 0 bridgehead atoms. The molecule has 9 nitrogen and oxygen atoms in total. The lowest BCUT2D eigenvalue weighted by Crippen LogP contribution is -2.21. The molecule has 0 saturated carbocycles. The number of hydrogen-bond donors (Lipinski definition) is 1. The van der Waals surface area contributed by atoms with Crippen molar-refractivity contribution in [3.05, 3.63) is 60.3 Å². The topological polar surface area (TPSA) is 120 Å². The van der Waals surface area contributed by atoms with Gasteiger partial charge in [-0.2, -0.15) is 0 Å². The monoisotopic (exact) mass is 420 g/mol. The quantitative estimate of drug-likeness (QED) is 0.519. The van der Waals surface area contributed by atoms with Gasteiger partial charge in [-0.05, 0) is 30.3 Å². The van der Waals surface area contributed by atoms with Crippen molar-refractivity contribution in [1.29, 1.82) is 0 Å². The van der Waals surface area contributed by atoms with E-state index >= 15 is 0 Å². The van der Waals surface area contributed by atoms with E-state index < -0.39 is 0 Å². The summed E-state index contributed by atoms with van der Waals surface area (Å²) in [6, 6.07) is 14.4. The second-order valence-electron chi connectivity index (χ2n) is 6.91. The van der Waals surface area contributed by atoms with Crippen molar-refractivity contribution in [2.45, 2.75) is 0 Å². The minimum absolute atomic E-state index is 0. The third kappa shape index (κ3) is 4.06. The smallest absolute Gasteiger partial charge is 0.270 e. The Balaban J connectivity index is 0.00000193. The highest BCUT2D eigenvalue weighted by Gasteiger charge is 2.17. The van der Waals surface area contributed by atoms with Crippen LogP contribution in [0, 0.1) is 0 Å². The Hall–Kier alpha value is -4.27. The molecular weight excluding hydrogens is 396 g/mol. The van der Waals surface area contributed by atoms with E-state index in [9.17, 15) is 4.79 Å². The highest BCUT2D eigenvalue weighted by atomic mass is 16.5. The van der Waals surface area contributed by atoms with E-state index in [2.05, 4.69) is 20.2 Å². The first-order chi connectivity index (χ1) is 15.0. The molecule has 4 aromatic rings. The number of anilines is 1. The van der Waals surface area contributed by atoms with Gasteiger partial charge >= 0.3 is 0 Å². The van der Waals surface area contributed by atoms with Crippen molar-refractivity contribution in [3.63, 3.8) is 0 Å². The number of ether oxygens (including phenoxy) is 1. The third-order valence-electron chi connectivity index (χ3n) is 4.58. The first-order valence-corrected chi connectivity index (χ1v) is 9.39. The van der Waals surface area contributed by atoms with Gasteiger partial charge in [0.25, 0.3) is 11.8 Å². The molecule has 4 rings (SSSR count). The molecule has 0 aliphatic carbocycles. The molecule has 9 heteroatoms. The van der Waals surface area contributed by atoms with Gasteiger partial charge in [0.1, 0.15) is 5.75 Å². The third-order valence-corrected chi connectivity index (χ3v) is 4.58. The van der Waals surface area contributed by atoms with E-state index in [0.29, 0.717) is 28.5 Å². The van der Waals surface area contributed by atoms with Crippen LogP contribution in [0.15, 0.2) is 59.1 Å². The molecule has 2 N–H and O–H groups in total. The second kappa shape index (κ2) is 8.23. The van der Waals surface area contributed by atoms with Gasteiger partial charge in [-0.15, -0.1) is 10.2 Å². The molecular formula is C22H24N6O3. The second-order valence-corrected chi connectivity index (χ2v) is 6.91. The number of nitrogen functional groups attached to an aromatic ring is 1. The SMILES string of the molecule is COc1cccc(-c2nnc(-c3nc(-c4ccc(C(=O)N(C)C)cc4)cnc3N)o2)c1.[HH].[HH]. The van der Waals surface area contributed by atoms with Crippen molar-refractivity contribution in [2.24, 2.45) is 0 Å². The molecule has 0 aliphatic rings. The van der Waals surface area contributed by atoms with Gasteiger partial charge in [0.15, 0.2) is 11.5 Å². The number of methoxy groups -OCH3 is 1. The summed E-state index contributed by atoms with van der Waals surface area (Å²) in [5.74, 6) is 1.24. The Morgan fingerprint density at radius 2 is 1.81 bits per heavy atom. The summed E-state index contributed by atoms with van der Waals surface area (Å²) in [7, 11) is 5.00. The summed E-state index contributed by atoms with van der Waals surface area (Å²) in [6.07, 6.45) is 1.56. The number of amides is 1. The van der Waals surface area contributed by atoms with Crippen LogP contribution < -0.4 is 10.5 Å². The van der Waals surface area contributed by atoms with Crippen LogP contribution in [0.3, 0.4) is 0 Å². The molecule has 0 radical (unpaired) electrons. The van der Waals surface area contributed by atoms with Gasteiger partial charge in [-0.25, -0.2) is 9.97 Å². The van der Waals surface area contributed by atoms with Crippen LogP contribution in [0.25, 0.3) is 34.3 Å². The van der Waals surface area contributed by atoms with E-state index in [-0.39, 0.29) is 26.2 Å². The summed E-state index contributed by atoms with van der Waals surface area (Å²) in [6.45, 7) is 0. The minimum Gasteiger partial charge on any atom is -0.497 e. The first kappa shape index (κ1) is 20.0. The number of benzene rings is 2. The lowest BCUT2D eigenvalue weighted by molar-refractivity contribution is 0.0827. The molecule has 0 unspecified atom stereocenters. The fraction of sp³-hybridized carbons (Fsp3) is 0.136. The molecule has 0 atom stereocenters. The van der Waals surface area contributed by atoms with E-state index in [4.69, 9.17) is 14.9 Å². The van der Waals surface area contributed by atoms with Crippen LogP contribution in [0.2, 0.25) is 0 Å². The van der Waals surface area contributed by atoms with Crippen LogP contribution in [0.4, 0.5) is 5.82 Å². The Labute approximate surface area is 181 Å². The molecule has 160 valence electrons. The molecule has 0 aliphatic heterocycles. The van der Waals surface area contributed by atoms with Crippen molar-refractivity contribution in [1.82, 2.24) is 25.1 Å². The number of hydrogen-bond acceptors (Lipinski definition) is 8. The molecule has 2 heterocycles. The fourth-order valence-corrected chi connectivity index (χ4v) is 2.93. The largest absolute Gasteiger partial charge is 0.497 e. The standard InChI is InChI=1S/C22H20N6O3.2H2/c1-28(2)22(29)14-9-7-13(8-10-14)17-12-24-19(23)18(25-17)21-27-26-20(31-21)15-5-4-6-16(11-15)30-3;;/h4-12H,1-3H3,(H2,23,24);2*1H. The van der Waals surface area contributed by atoms with E-state index in [1.165, 1.54) is 4.90 Å². The number of aromatic nitrogens is 4. The Morgan fingerprint density at radius 1 is 1.06 bits per heavy atom. The molecule has 1 amide bonds. The fourth-order valence-electron chi connectivity index (χ4n) is 2.93. The maximum atomic E-state index is 12.1. The zero-order valence-electron chi connectivity index (χ0n) is 17.2. The van der Waals surface area contributed by atoms with Gasteiger partial charge in [0.2, 0.25) is 5.89 Å². The predicted molar refractivity (Wildman–Crippen MR) is 119 cm³/mol. The van der Waals surface area contributed by atoms with Crippen molar-refractivity contribution < 1.29 is 16.8 Å². The highest BCUT2D eigenvalue weighted by molar-refractivity contribution is 5.94. The number of carbonyl (C=O) groups is 1. The van der Waals surface area contributed by atoms with Gasteiger partial charge in [0.05, 0.1) is 19.0 Å². The zero-order valence-corrected chi connectivity index (χ0v) is 17.2. The highest BCUT2D eigenvalue weighted by Crippen LogP contribution is 2.29. The van der Waals surface area contributed by atoms with Gasteiger partial charge in [-0.1, -0.05) is 18.2 Å². The van der Waals surface area contributed by atoms with Gasteiger partial charge < -0.3 is 19.8 Å². The van der Waals surface area contributed by atoms with Crippen molar-refractivity contribution >= 4 is 11.7 Å².